The third-order valence-corrected chi connectivity index (χ3v) is 4.02. The van der Waals surface area contributed by atoms with Gasteiger partial charge in [0.05, 0.1) is 17.8 Å². The second kappa shape index (κ2) is 5.20. The van der Waals surface area contributed by atoms with Gasteiger partial charge in [0.15, 0.2) is 0 Å². The van der Waals surface area contributed by atoms with Crippen molar-refractivity contribution in [1.82, 2.24) is 9.88 Å². The van der Waals surface area contributed by atoms with Gasteiger partial charge >= 0.3 is 0 Å². The van der Waals surface area contributed by atoms with Crippen LogP contribution in [-0.2, 0) is 14.3 Å². The van der Waals surface area contributed by atoms with Crippen LogP contribution in [0.1, 0.15) is 0 Å². The van der Waals surface area contributed by atoms with E-state index in [9.17, 15) is 9.59 Å². The van der Waals surface area contributed by atoms with Crippen molar-refractivity contribution in [3.8, 4) is 0 Å². The van der Waals surface area contributed by atoms with Crippen LogP contribution >= 0.6 is 0 Å². The van der Waals surface area contributed by atoms with Crippen molar-refractivity contribution in [3.05, 3.63) is 24.5 Å². The number of hydrogen-bond donors (Lipinski definition) is 0. The third kappa shape index (κ3) is 2.16. The maximum atomic E-state index is 12.4. The molecule has 0 aliphatic carbocycles. The standard InChI is InChI=1S/C14H17N3O3/c1-20-9-13(18)16-6-10-7-17(14(19)12(10)8-16)11-3-2-4-15-5-11/h2-5,10,12H,6-9H2,1H3/t10-,12-/m0/s1. The van der Waals surface area contributed by atoms with Crippen molar-refractivity contribution >= 4 is 17.5 Å². The van der Waals surface area contributed by atoms with Gasteiger partial charge in [-0.05, 0) is 12.1 Å². The highest BCUT2D eigenvalue weighted by molar-refractivity contribution is 5.98. The molecule has 0 saturated carbocycles. The van der Waals surface area contributed by atoms with E-state index in [2.05, 4.69) is 4.98 Å². The summed E-state index contributed by atoms with van der Waals surface area (Å²) in [6.45, 7) is 1.88. The van der Waals surface area contributed by atoms with Crippen LogP contribution < -0.4 is 4.90 Å². The molecule has 0 unspecified atom stereocenters. The molecule has 1 aromatic rings. The Labute approximate surface area is 117 Å². The average molecular weight is 275 g/mol. The number of rotatable bonds is 3. The smallest absolute Gasteiger partial charge is 0.248 e. The van der Waals surface area contributed by atoms with Crippen LogP contribution in [0.15, 0.2) is 24.5 Å². The average Bonchev–Trinajstić information content (AvgIpc) is 3.00. The van der Waals surface area contributed by atoms with Gasteiger partial charge < -0.3 is 14.5 Å². The molecule has 0 spiro atoms. The fraction of sp³-hybridized carbons (Fsp3) is 0.500. The predicted octanol–water partition coefficient (Wildman–Crippen LogP) is 0.149. The minimum Gasteiger partial charge on any atom is -0.375 e. The van der Waals surface area contributed by atoms with E-state index in [4.69, 9.17) is 4.74 Å². The molecule has 2 amide bonds. The third-order valence-electron chi connectivity index (χ3n) is 4.02. The summed E-state index contributed by atoms with van der Waals surface area (Å²) in [6.07, 6.45) is 3.39. The molecule has 3 rings (SSSR count). The molecule has 0 N–H and O–H groups in total. The molecule has 0 bridgehead atoms. The minimum absolute atomic E-state index is 0.0392. The van der Waals surface area contributed by atoms with Crippen LogP contribution in [0.25, 0.3) is 0 Å². The fourth-order valence-corrected chi connectivity index (χ4v) is 3.03. The molecule has 0 aromatic carbocycles. The maximum Gasteiger partial charge on any atom is 0.248 e. The first kappa shape index (κ1) is 13.1. The van der Waals surface area contributed by atoms with E-state index in [1.54, 1.807) is 22.2 Å². The van der Waals surface area contributed by atoms with Crippen molar-refractivity contribution in [2.24, 2.45) is 11.8 Å². The molecule has 2 aliphatic heterocycles. The second-order valence-corrected chi connectivity index (χ2v) is 5.26. The van der Waals surface area contributed by atoms with Gasteiger partial charge in [-0.1, -0.05) is 0 Å². The predicted molar refractivity (Wildman–Crippen MR) is 72.0 cm³/mol. The Bertz CT molecular complexity index is 520. The van der Waals surface area contributed by atoms with Gasteiger partial charge in [0.25, 0.3) is 0 Å². The molecule has 6 nitrogen and oxygen atoms in total. The second-order valence-electron chi connectivity index (χ2n) is 5.26. The lowest BCUT2D eigenvalue weighted by Crippen LogP contribution is -2.37. The lowest BCUT2D eigenvalue weighted by Gasteiger charge is -2.21. The summed E-state index contributed by atoms with van der Waals surface area (Å²) in [6, 6.07) is 3.71. The molecule has 1 aromatic heterocycles. The largest absolute Gasteiger partial charge is 0.375 e. The van der Waals surface area contributed by atoms with E-state index < -0.39 is 0 Å². The normalized spacial score (nSPS) is 25.1. The number of fused-ring (bicyclic) bond motifs is 1. The Kier molecular flexibility index (Phi) is 3.40. The molecule has 2 atom stereocenters. The number of carbonyl (C=O) groups excluding carboxylic acids is 2. The van der Waals surface area contributed by atoms with E-state index in [-0.39, 0.29) is 30.3 Å². The first-order valence-electron chi connectivity index (χ1n) is 6.69. The number of likely N-dealkylation sites (tertiary alicyclic amines) is 1. The number of amides is 2. The van der Waals surface area contributed by atoms with Gasteiger partial charge in [-0.15, -0.1) is 0 Å². The summed E-state index contributed by atoms with van der Waals surface area (Å²) in [7, 11) is 1.50. The molecular formula is C14H17N3O3. The zero-order chi connectivity index (χ0) is 14.1. The summed E-state index contributed by atoms with van der Waals surface area (Å²) in [5.41, 5.74) is 0.835. The van der Waals surface area contributed by atoms with E-state index in [0.717, 1.165) is 5.69 Å². The summed E-state index contributed by atoms with van der Waals surface area (Å²) in [4.78, 5) is 31.8. The Morgan fingerprint density at radius 3 is 2.95 bits per heavy atom. The van der Waals surface area contributed by atoms with Crippen LogP contribution in [0.3, 0.4) is 0 Å². The van der Waals surface area contributed by atoms with Gasteiger partial charge in [-0.3, -0.25) is 14.6 Å². The molecule has 2 saturated heterocycles. The lowest BCUT2D eigenvalue weighted by molar-refractivity contribution is -0.134. The molecule has 106 valence electrons. The van der Waals surface area contributed by atoms with Gasteiger partial charge in [-0.2, -0.15) is 0 Å². The van der Waals surface area contributed by atoms with Crippen molar-refractivity contribution in [1.29, 1.82) is 0 Å². The topological polar surface area (TPSA) is 62.7 Å². The van der Waals surface area contributed by atoms with Gasteiger partial charge in [-0.25, -0.2) is 0 Å². The highest BCUT2D eigenvalue weighted by atomic mass is 16.5. The molecule has 2 aliphatic rings. The number of methoxy groups -OCH3 is 1. The van der Waals surface area contributed by atoms with Crippen molar-refractivity contribution < 1.29 is 14.3 Å². The van der Waals surface area contributed by atoms with Gasteiger partial charge in [0.1, 0.15) is 6.61 Å². The molecule has 0 radical (unpaired) electrons. The fourth-order valence-electron chi connectivity index (χ4n) is 3.03. The number of hydrogen-bond acceptors (Lipinski definition) is 4. The molecule has 2 fully saturated rings. The summed E-state index contributed by atoms with van der Waals surface area (Å²) in [5.74, 6) is 0.179. The van der Waals surface area contributed by atoms with Crippen LogP contribution in [-0.4, -0.2) is 55.0 Å². The number of pyridine rings is 1. The first-order valence-corrected chi connectivity index (χ1v) is 6.69. The van der Waals surface area contributed by atoms with E-state index in [0.29, 0.717) is 19.6 Å². The van der Waals surface area contributed by atoms with Crippen LogP contribution in [0.5, 0.6) is 0 Å². The summed E-state index contributed by atoms with van der Waals surface area (Å²) >= 11 is 0. The molecule has 6 heteroatoms. The number of ether oxygens (including phenoxy) is 1. The van der Waals surface area contributed by atoms with Crippen LogP contribution in [0.2, 0.25) is 0 Å². The Balaban J connectivity index is 1.70. The van der Waals surface area contributed by atoms with Gasteiger partial charge in [0.2, 0.25) is 11.8 Å². The highest BCUT2D eigenvalue weighted by Crippen LogP contribution is 2.34. The number of carbonyl (C=O) groups is 2. The SMILES string of the molecule is COCC(=O)N1C[C@H]2CN(c3cccnc3)C(=O)[C@H]2C1. The van der Waals surface area contributed by atoms with E-state index in [1.165, 1.54) is 7.11 Å². The van der Waals surface area contributed by atoms with Crippen molar-refractivity contribution in [2.45, 2.75) is 0 Å². The monoisotopic (exact) mass is 275 g/mol. The van der Waals surface area contributed by atoms with Crippen molar-refractivity contribution in [3.63, 3.8) is 0 Å². The highest BCUT2D eigenvalue weighted by Gasteiger charge is 2.47. The maximum absolute atomic E-state index is 12.4. The molecule has 3 heterocycles. The van der Waals surface area contributed by atoms with E-state index >= 15 is 0 Å². The Morgan fingerprint density at radius 2 is 2.30 bits per heavy atom. The van der Waals surface area contributed by atoms with Crippen LogP contribution in [0.4, 0.5) is 5.69 Å². The number of aromatic nitrogens is 1. The summed E-state index contributed by atoms with van der Waals surface area (Å²) in [5, 5.41) is 0. The van der Waals surface area contributed by atoms with Crippen LogP contribution in [0, 0.1) is 11.8 Å². The molecule has 20 heavy (non-hydrogen) atoms. The van der Waals surface area contributed by atoms with Gasteiger partial charge in [0, 0.05) is 38.9 Å². The Hall–Kier alpha value is -1.95. The molecular weight excluding hydrogens is 258 g/mol. The number of nitrogens with zero attached hydrogens (tertiary/aromatic N) is 3. The first-order chi connectivity index (χ1) is 9.70. The van der Waals surface area contributed by atoms with Crippen molar-refractivity contribution in [2.75, 3.05) is 38.3 Å². The Morgan fingerprint density at radius 1 is 1.45 bits per heavy atom. The quantitative estimate of drug-likeness (QED) is 0.787. The minimum atomic E-state index is -0.0870. The van der Waals surface area contributed by atoms with E-state index in [1.807, 2.05) is 12.1 Å². The number of anilines is 1. The zero-order valence-electron chi connectivity index (χ0n) is 11.4. The lowest BCUT2D eigenvalue weighted by atomic mass is 10.0. The zero-order valence-corrected chi connectivity index (χ0v) is 11.4. The summed E-state index contributed by atoms with van der Waals surface area (Å²) < 4.78 is 4.86.